The van der Waals surface area contributed by atoms with Crippen molar-refractivity contribution in [3.63, 3.8) is 0 Å². The molecule has 2 N–H and O–H groups in total. The van der Waals surface area contributed by atoms with Gasteiger partial charge in [-0.05, 0) is 37.1 Å². The highest BCUT2D eigenvalue weighted by Gasteiger charge is 2.27. The lowest BCUT2D eigenvalue weighted by Crippen LogP contribution is -2.36. The lowest BCUT2D eigenvalue weighted by atomic mass is 9.85. The monoisotopic (exact) mass is 356 g/mol. The number of aromatic nitrogens is 1. The van der Waals surface area contributed by atoms with E-state index >= 15 is 0 Å². The van der Waals surface area contributed by atoms with Crippen LogP contribution in [0.25, 0.3) is 10.9 Å². The number of sulfonamides is 1. The molecule has 0 atom stereocenters. The fourth-order valence-corrected chi connectivity index (χ4v) is 4.62. The second-order valence-corrected chi connectivity index (χ2v) is 8.96. The summed E-state index contributed by atoms with van der Waals surface area (Å²) in [5.41, 5.74) is 3.63. The van der Waals surface area contributed by atoms with E-state index in [4.69, 9.17) is 0 Å². The quantitative estimate of drug-likeness (QED) is 0.725. The predicted octanol–water partition coefficient (Wildman–Crippen LogP) is 4.04. The molecule has 0 saturated carbocycles. The standard InChI is InChI=1S/C20H24N2O2S/c1-14-9-10-19(15(2)11-14)25(23,24)22-13-20(3,4)17-12-21-18-8-6-5-7-16(17)18/h5-12,21-22H,13H2,1-4H3. The van der Waals surface area contributed by atoms with Gasteiger partial charge in [-0.15, -0.1) is 0 Å². The van der Waals surface area contributed by atoms with Crippen LogP contribution < -0.4 is 4.72 Å². The number of hydrogen-bond acceptors (Lipinski definition) is 2. The van der Waals surface area contributed by atoms with Crippen molar-refractivity contribution in [2.45, 2.75) is 38.0 Å². The van der Waals surface area contributed by atoms with Crippen LogP contribution in [0.3, 0.4) is 0 Å². The highest BCUT2D eigenvalue weighted by Crippen LogP contribution is 2.30. The molecule has 0 unspecified atom stereocenters. The fraction of sp³-hybridized carbons (Fsp3) is 0.300. The van der Waals surface area contributed by atoms with E-state index in [0.29, 0.717) is 11.4 Å². The van der Waals surface area contributed by atoms with Crippen molar-refractivity contribution >= 4 is 20.9 Å². The number of para-hydroxylation sites is 1. The van der Waals surface area contributed by atoms with Gasteiger partial charge in [0.25, 0.3) is 0 Å². The number of hydrogen-bond donors (Lipinski definition) is 2. The summed E-state index contributed by atoms with van der Waals surface area (Å²) in [7, 11) is -3.55. The van der Waals surface area contributed by atoms with Gasteiger partial charge in [-0.25, -0.2) is 13.1 Å². The molecule has 0 amide bonds. The van der Waals surface area contributed by atoms with Crippen molar-refractivity contribution in [3.8, 4) is 0 Å². The molecule has 5 heteroatoms. The molecule has 4 nitrogen and oxygen atoms in total. The number of aryl methyl sites for hydroxylation is 2. The minimum atomic E-state index is -3.55. The van der Waals surface area contributed by atoms with E-state index in [1.807, 2.05) is 64.2 Å². The highest BCUT2D eigenvalue weighted by atomic mass is 32.2. The lowest BCUT2D eigenvalue weighted by Gasteiger charge is -2.25. The van der Waals surface area contributed by atoms with E-state index in [1.165, 1.54) is 0 Å². The van der Waals surface area contributed by atoms with E-state index in [2.05, 4.69) is 15.8 Å². The van der Waals surface area contributed by atoms with Crippen LogP contribution in [0, 0.1) is 13.8 Å². The molecule has 0 radical (unpaired) electrons. The maximum absolute atomic E-state index is 12.7. The van der Waals surface area contributed by atoms with Gasteiger partial charge in [0.1, 0.15) is 0 Å². The third-order valence-electron chi connectivity index (χ3n) is 4.64. The number of H-pyrrole nitrogens is 1. The summed E-state index contributed by atoms with van der Waals surface area (Å²) in [5.74, 6) is 0. The molecule has 0 bridgehead atoms. The number of fused-ring (bicyclic) bond motifs is 1. The Hall–Kier alpha value is -2.11. The van der Waals surface area contributed by atoms with E-state index in [0.717, 1.165) is 27.6 Å². The third kappa shape index (κ3) is 3.48. The molecule has 0 fully saturated rings. The average Bonchev–Trinajstić information content (AvgIpc) is 2.98. The summed E-state index contributed by atoms with van der Waals surface area (Å²) in [6.07, 6.45) is 1.97. The zero-order valence-electron chi connectivity index (χ0n) is 15.1. The van der Waals surface area contributed by atoms with Crippen molar-refractivity contribution in [1.82, 2.24) is 9.71 Å². The molecule has 132 valence electrons. The van der Waals surface area contributed by atoms with Crippen LogP contribution in [-0.2, 0) is 15.4 Å². The average molecular weight is 356 g/mol. The van der Waals surface area contributed by atoms with Crippen LogP contribution in [0.4, 0.5) is 0 Å². The largest absolute Gasteiger partial charge is 0.361 e. The normalized spacial score (nSPS) is 12.6. The Morgan fingerprint density at radius 1 is 1.08 bits per heavy atom. The van der Waals surface area contributed by atoms with Crippen LogP contribution in [0.1, 0.15) is 30.5 Å². The molecule has 0 saturated heterocycles. The van der Waals surface area contributed by atoms with Gasteiger partial charge in [-0.1, -0.05) is 49.7 Å². The molecular formula is C20H24N2O2S. The van der Waals surface area contributed by atoms with E-state index in [1.54, 1.807) is 6.07 Å². The first-order valence-corrected chi connectivity index (χ1v) is 9.82. The molecule has 0 spiro atoms. The minimum Gasteiger partial charge on any atom is -0.361 e. The molecule has 0 aliphatic carbocycles. The molecule has 1 aromatic heterocycles. The molecule has 2 aromatic carbocycles. The van der Waals surface area contributed by atoms with Crippen LogP contribution >= 0.6 is 0 Å². The Morgan fingerprint density at radius 3 is 2.52 bits per heavy atom. The Kier molecular flexibility index (Phi) is 4.47. The van der Waals surface area contributed by atoms with Gasteiger partial charge in [-0.3, -0.25) is 0 Å². The molecule has 3 aromatic rings. The van der Waals surface area contributed by atoms with Crippen molar-refractivity contribution in [2.24, 2.45) is 0 Å². The SMILES string of the molecule is Cc1ccc(S(=O)(=O)NCC(C)(C)c2c[nH]c3ccccc23)c(C)c1. The third-order valence-corrected chi connectivity index (χ3v) is 6.20. The second kappa shape index (κ2) is 6.32. The summed E-state index contributed by atoms with van der Waals surface area (Å²) >= 11 is 0. The number of benzene rings is 2. The first-order chi connectivity index (χ1) is 11.7. The summed E-state index contributed by atoms with van der Waals surface area (Å²) in [5, 5.41) is 1.12. The van der Waals surface area contributed by atoms with Gasteiger partial charge in [0.05, 0.1) is 4.90 Å². The van der Waals surface area contributed by atoms with Crippen molar-refractivity contribution in [2.75, 3.05) is 6.54 Å². The molecule has 25 heavy (non-hydrogen) atoms. The summed E-state index contributed by atoms with van der Waals surface area (Å²) < 4.78 is 28.2. The molecule has 0 aliphatic heterocycles. The molecular weight excluding hydrogens is 332 g/mol. The van der Waals surface area contributed by atoms with E-state index in [-0.39, 0.29) is 5.41 Å². The smallest absolute Gasteiger partial charge is 0.240 e. The molecule has 3 rings (SSSR count). The van der Waals surface area contributed by atoms with Crippen LogP contribution in [0.2, 0.25) is 0 Å². The van der Waals surface area contributed by atoms with Crippen LogP contribution in [0.5, 0.6) is 0 Å². The van der Waals surface area contributed by atoms with Crippen LogP contribution in [-0.4, -0.2) is 19.9 Å². The van der Waals surface area contributed by atoms with Crippen LogP contribution in [0.15, 0.2) is 53.6 Å². The number of aromatic amines is 1. The van der Waals surface area contributed by atoms with E-state index < -0.39 is 10.0 Å². The summed E-state index contributed by atoms with van der Waals surface area (Å²) in [6, 6.07) is 13.4. The maximum atomic E-state index is 12.7. The van der Waals surface area contributed by atoms with Gasteiger partial charge < -0.3 is 4.98 Å². The highest BCUT2D eigenvalue weighted by molar-refractivity contribution is 7.89. The molecule has 1 heterocycles. The molecule has 0 aliphatic rings. The van der Waals surface area contributed by atoms with Crippen molar-refractivity contribution in [1.29, 1.82) is 0 Å². The first kappa shape index (κ1) is 17.7. The van der Waals surface area contributed by atoms with Gasteiger partial charge in [0, 0.05) is 29.1 Å². The lowest BCUT2D eigenvalue weighted by molar-refractivity contribution is 0.504. The number of nitrogens with one attached hydrogen (secondary N) is 2. The van der Waals surface area contributed by atoms with Crippen molar-refractivity contribution in [3.05, 3.63) is 65.4 Å². The summed E-state index contributed by atoms with van der Waals surface area (Å²) in [6.45, 7) is 8.20. The Bertz CT molecular complexity index is 1020. The Balaban J connectivity index is 1.86. The van der Waals surface area contributed by atoms with Gasteiger partial charge in [0.2, 0.25) is 10.0 Å². The zero-order valence-corrected chi connectivity index (χ0v) is 15.9. The number of rotatable bonds is 5. The first-order valence-electron chi connectivity index (χ1n) is 8.34. The second-order valence-electron chi connectivity index (χ2n) is 7.23. The van der Waals surface area contributed by atoms with E-state index in [9.17, 15) is 8.42 Å². The minimum absolute atomic E-state index is 0.324. The van der Waals surface area contributed by atoms with Crippen molar-refractivity contribution < 1.29 is 8.42 Å². The van der Waals surface area contributed by atoms with Gasteiger partial charge in [0.15, 0.2) is 0 Å². The topological polar surface area (TPSA) is 62.0 Å². The Labute approximate surface area is 149 Å². The summed E-state index contributed by atoms with van der Waals surface area (Å²) in [4.78, 5) is 3.60. The predicted molar refractivity (Wildman–Crippen MR) is 102 cm³/mol. The zero-order chi connectivity index (χ0) is 18.2. The maximum Gasteiger partial charge on any atom is 0.240 e. The fourth-order valence-electron chi connectivity index (χ4n) is 3.18. The van der Waals surface area contributed by atoms with Gasteiger partial charge in [-0.2, -0.15) is 0 Å². The van der Waals surface area contributed by atoms with Gasteiger partial charge >= 0.3 is 0 Å². The Morgan fingerprint density at radius 2 is 1.80 bits per heavy atom.